The van der Waals surface area contributed by atoms with Gasteiger partial charge in [0.1, 0.15) is 0 Å². The predicted octanol–water partition coefficient (Wildman–Crippen LogP) is 4.60. The lowest BCUT2D eigenvalue weighted by Gasteiger charge is -2.34. The molecule has 0 bridgehead atoms. The van der Waals surface area contributed by atoms with Crippen LogP contribution in [0.1, 0.15) is 103 Å². The molecule has 1 amide bonds. The zero-order valence-electron chi connectivity index (χ0n) is 18.7. The molecule has 0 aromatic carbocycles. The summed E-state index contributed by atoms with van der Waals surface area (Å²) in [6.07, 6.45) is 20.1. The van der Waals surface area contributed by atoms with Crippen molar-refractivity contribution in [3.8, 4) is 0 Å². The molecule has 5 heteroatoms. The molecule has 3 saturated carbocycles. The van der Waals surface area contributed by atoms with Crippen molar-refractivity contribution >= 4 is 11.9 Å². The second-order valence-electron chi connectivity index (χ2n) is 9.93. The minimum atomic E-state index is 0.123. The lowest BCUT2D eigenvalue weighted by Crippen LogP contribution is -2.43. The molecule has 2 atom stereocenters. The minimum Gasteiger partial charge on any atom is -0.369 e. The number of nitrogens with two attached hydrogens (primary N) is 1. The van der Waals surface area contributed by atoms with Crippen molar-refractivity contribution in [2.75, 3.05) is 13.6 Å². The van der Waals surface area contributed by atoms with Gasteiger partial charge in [0.25, 0.3) is 0 Å². The topological polar surface area (TPSA) is 70.7 Å². The summed E-state index contributed by atoms with van der Waals surface area (Å²) in [4.78, 5) is 18.7. The predicted molar refractivity (Wildman–Crippen MR) is 121 cm³/mol. The van der Waals surface area contributed by atoms with Crippen LogP contribution >= 0.6 is 0 Å². The van der Waals surface area contributed by atoms with Gasteiger partial charge in [0.05, 0.1) is 0 Å². The van der Waals surface area contributed by atoms with Gasteiger partial charge in [0, 0.05) is 32.1 Å². The molecule has 3 rings (SSSR count). The first kappa shape index (κ1) is 22.6. The number of nitrogens with one attached hydrogen (secondary N) is 1. The molecule has 3 aliphatic carbocycles. The first-order valence-corrected chi connectivity index (χ1v) is 12.4. The number of aliphatic imine (C=N–C) groups is 1. The highest BCUT2D eigenvalue weighted by Crippen LogP contribution is 2.28. The number of guanidine groups is 1. The van der Waals surface area contributed by atoms with Crippen molar-refractivity contribution in [3.05, 3.63) is 0 Å². The SMILES string of the molecule is CN(C(=O)CCC1CCCCC1)C(N)=NC[C@H]1CCC[C@@H](NC2CCCCC2)C1. The van der Waals surface area contributed by atoms with Gasteiger partial charge >= 0.3 is 0 Å². The molecule has 166 valence electrons. The van der Waals surface area contributed by atoms with Gasteiger partial charge in [-0.05, 0) is 50.4 Å². The Morgan fingerprint density at radius 1 is 0.897 bits per heavy atom. The third kappa shape index (κ3) is 7.58. The lowest BCUT2D eigenvalue weighted by atomic mass is 9.84. The van der Waals surface area contributed by atoms with Crippen LogP contribution in [-0.2, 0) is 4.79 Å². The van der Waals surface area contributed by atoms with E-state index >= 15 is 0 Å². The maximum atomic E-state index is 12.5. The van der Waals surface area contributed by atoms with E-state index in [2.05, 4.69) is 10.3 Å². The van der Waals surface area contributed by atoms with Crippen LogP contribution in [0.5, 0.6) is 0 Å². The Labute approximate surface area is 178 Å². The maximum Gasteiger partial charge on any atom is 0.229 e. The molecule has 0 saturated heterocycles. The summed E-state index contributed by atoms with van der Waals surface area (Å²) in [5.41, 5.74) is 6.17. The van der Waals surface area contributed by atoms with Gasteiger partial charge in [-0.25, -0.2) is 0 Å². The van der Waals surface area contributed by atoms with E-state index in [0.29, 0.717) is 24.3 Å². The minimum absolute atomic E-state index is 0.123. The number of nitrogens with zero attached hydrogens (tertiary/aromatic N) is 2. The van der Waals surface area contributed by atoms with E-state index in [1.54, 1.807) is 11.9 Å². The molecular weight excluding hydrogens is 360 g/mol. The fraction of sp³-hybridized carbons (Fsp3) is 0.917. The van der Waals surface area contributed by atoms with Crippen LogP contribution in [0.25, 0.3) is 0 Å². The molecule has 5 nitrogen and oxygen atoms in total. The average molecular weight is 405 g/mol. The second kappa shape index (κ2) is 11.9. The maximum absolute atomic E-state index is 12.5. The molecule has 29 heavy (non-hydrogen) atoms. The summed E-state index contributed by atoms with van der Waals surface area (Å²) < 4.78 is 0. The van der Waals surface area contributed by atoms with Crippen LogP contribution in [-0.4, -0.2) is 42.4 Å². The van der Waals surface area contributed by atoms with Gasteiger partial charge in [-0.1, -0.05) is 57.8 Å². The van der Waals surface area contributed by atoms with Crippen molar-refractivity contribution in [1.82, 2.24) is 10.2 Å². The smallest absolute Gasteiger partial charge is 0.229 e. The highest BCUT2D eigenvalue weighted by Gasteiger charge is 2.25. The Hall–Kier alpha value is -1.10. The molecule has 3 N–H and O–H groups in total. The van der Waals surface area contributed by atoms with Crippen LogP contribution in [0.15, 0.2) is 4.99 Å². The van der Waals surface area contributed by atoms with E-state index in [0.717, 1.165) is 24.9 Å². The molecular formula is C24H44N4O. The van der Waals surface area contributed by atoms with Crippen molar-refractivity contribution in [3.63, 3.8) is 0 Å². The Morgan fingerprint density at radius 2 is 1.52 bits per heavy atom. The first-order valence-electron chi connectivity index (χ1n) is 12.4. The van der Waals surface area contributed by atoms with Crippen LogP contribution in [0, 0.1) is 11.8 Å². The normalized spacial score (nSPS) is 27.7. The van der Waals surface area contributed by atoms with Gasteiger partial charge in [-0.15, -0.1) is 0 Å². The largest absolute Gasteiger partial charge is 0.369 e. The molecule has 0 heterocycles. The van der Waals surface area contributed by atoms with Crippen LogP contribution in [0.3, 0.4) is 0 Å². The van der Waals surface area contributed by atoms with Crippen LogP contribution in [0.4, 0.5) is 0 Å². The molecule has 0 radical (unpaired) electrons. The quantitative estimate of drug-likeness (QED) is 0.481. The van der Waals surface area contributed by atoms with E-state index in [9.17, 15) is 4.79 Å². The van der Waals surface area contributed by atoms with E-state index in [4.69, 9.17) is 5.73 Å². The molecule has 0 spiro atoms. The molecule has 0 aromatic heterocycles. The van der Waals surface area contributed by atoms with Gasteiger partial charge < -0.3 is 11.1 Å². The summed E-state index contributed by atoms with van der Waals surface area (Å²) in [5, 5.41) is 3.92. The van der Waals surface area contributed by atoms with Crippen LogP contribution in [0.2, 0.25) is 0 Å². The molecule has 0 aliphatic heterocycles. The Bertz CT molecular complexity index is 523. The highest BCUT2D eigenvalue weighted by atomic mass is 16.2. The van der Waals surface area contributed by atoms with E-state index in [1.165, 1.54) is 89.9 Å². The van der Waals surface area contributed by atoms with E-state index in [-0.39, 0.29) is 5.91 Å². The van der Waals surface area contributed by atoms with Crippen molar-refractivity contribution in [1.29, 1.82) is 0 Å². The summed E-state index contributed by atoms with van der Waals surface area (Å²) in [6, 6.07) is 1.37. The van der Waals surface area contributed by atoms with E-state index in [1.807, 2.05) is 0 Å². The number of rotatable bonds is 7. The Morgan fingerprint density at radius 3 is 2.24 bits per heavy atom. The van der Waals surface area contributed by atoms with Gasteiger partial charge in [0.15, 0.2) is 5.96 Å². The van der Waals surface area contributed by atoms with Crippen molar-refractivity contribution in [2.45, 2.75) is 115 Å². The van der Waals surface area contributed by atoms with E-state index < -0.39 is 0 Å². The first-order chi connectivity index (χ1) is 14.1. The van der Waals surface area contributed by atoms with Gasteiger partial charge in [-0.2, -0.15) is 0 Å². The molecule has 0 aromatic rings. The number of hydrogen-bond acceptors (Lipinski definition) is 3. The zero-order valence-corrected chi connectivity index (χ0v) is 18.7. The fourth-order valence-electron chi connectivity index (χ4n) is 5.64. The standard InChI is InChI=1S/C24H44N4O/c1-28(23(29)16-15-19-9-4-2-5-10-19)24(25)26-18-20-11-8-14-22(17-20)27-21-12-6-3-7-13-21/h19-22,27H,2-18H2,1H3,(H2,25,26)/t20-,22+/m0/s1. The molecule has 3 fully saturated rings. The monoisotopic (exact) mass is 404 g/mol. The third-order valence-electron chi connectivity index (χ3n) is 7.58. The zero-order chi connectivity index (χ0) is 20.5. The summed E-state index contributed by atoms with van der Waals surface area (Å²) >= 11 is 0. The Kier molecular flexibility index (Phi) is 9.29. The Balaban J connectivity index is 1.38. The molecule has 3 aliphatic rings. The third-order valence-corrected chi connectivity index (χ3v) is 7.58. The number of amides is 1. The summed E-state index contributed by atoms with van der Waals surface area (Å²) in [5.74, 6) is 1.85. The van der Waals surface area contributed by atoms with Crippen LogP contribution < -0.4 is 11.1 Å². The van der Waals surface area contributed by atoms with Gasteiger partial charge in [-0.3, -0.25) is 14.7 Å². The average Bonchev–Trinajstić information content (AvgIpc) is 2.77. The summed E-state index contributed by atoms with van der Waals surface area (Å²) in [7, 11) is 1.79. The highest BCUT2D eigenvalue weighted by molar-refractivity contribution is 5.95. The number of carbonyl (C=O) groups is 1. The van der Waals surface area contributed by atoms with Crippen molar-refractivity contribution in [2.24, 2.45) is 22.6 Å². The van der Waals surface area contributed by atoms with Crippen molar-refractivity contribution < 1.29 is 4.79 Å². The summed E-state index contributed by atoms with van der Waals surface area (Å²) in [6.45, 7) is 0.759. The number of hydrogen-bond donors (Lipinski definition) is 2. The second-order valence-corrected chi connectivity index (χ2v) is 9.93. The number of carbonyl (C=O) groups excluding carboxylic acids is 1. The molecule has 0 unspecified atom stereocenters. The fourth-order valence-corrected chi connectivity index (χ4v) is 5.64. The lowest BCUT2D eigenvalue weighted by molar-refractivity contribution is -0.126. The van der Waals surface area contributed by atoms with Gasteiger partial charge in [0.2, 0.25) is 5.91 Å².